The number of ether oxygens (including phenoxy) is 1. The summed E-state index contributed by atoms with van der Waals surface area (Å²) in [5, 5.41) is 0.660. The Morgan fingerprint density at radius 1 is 1.06 bits per heavy atom. The van der Waals surface area contributed by atoms with E-state index in [0.29, 0.717) is 34.8 Å². The fourth-order valence-electron chi connectivity index (χ4n) is 3.36. The van der Waals surface area contributed by atoms with Crippen molar-refractivity contribution >= 4 is 38.2 Å². The summed E-state index contributed by atoms with van der Waals surface area (Å²) in [7, 11) is -3.91. The van der Waals surface area contributed by atoms with Gasteiger partial charge in [-0.3, -0.25) is 14.1 Å². The van der Waals surface area contributed by atoms with Crippen molar-refractivity contribution in [1.82, 2.24) is 9.55 Å². The van der Waals surface area contributed by atoms with Crippen LogP contribution in [0.2, 0.25) is 5.02 Å². The van der Waals surface area contributed by atoms with Gasteiger partial charge >= 0.3 is 0 Å². The largest absolute Gasteiger partial charge is 0.494 e. The highest BCUT2D eigenvalue weighted by Crippen LogP contribution is 2.28. The molecule has 0 spiro atoms. The summed E-state index contributed by atoms with van der Waals surface area (Å²) < 4.78 is 35.1. The first kappa shape index (κ1) is 21.9. The Kier molecular flexibility index (Phi) is 5.90. The zero-order chi connectivity index (χ0) is 22.9. The van der Waals surface area contributed by atoms with Crippen LogP contribution in [0.3, 0.4) is 0 Å². The summed E-state index contributed by atoms with van der Waals surface area (Å²) in [5.41, 5.74) is 0.935. The number of hydrogen-bond acceptors (Lipinski definition) is 5. The van der Waals surface area contributed by atoms with Crippen molar-refractivity contribution in [2.75, 3.05) is 11.3 Å². The number of para-hydroxylation sites is 1. The second-order valence-corrected chi connectivity index (χ2v) is 9.08. The molecule has 7 nitrogen and oxygen atoms in total. The maximum absolute atomic E-state index is 13.1. The van der Waals surface area contributed by atoms with E-state index in [9.17, 15) is 13.2 Å². The van der Waals surface area contributed by atoms with E-state index in [4.69, 9.17) is 16.3 Å². The third-order valence-electron chi connectivity index (χ3n) is 4.84. The molecule has 0 fully saturated rings. The van der Waals surface area contributed by atoms with Crippen LogP contribution in [-0.2, 0) is 10.0 Å². The van der Waals surface area contributed by atoms with Gasteiger partial charge in [0.25, 0.3) is 15.6 Å². The molecule has 3 aromatic carbocycles. The molecule has 4 aromatic rings. The molecular formula is C23H20ClN3O4S. The van der Waals surface area contributed by atoms with Gasteiger partial charge in [0.05, 0.1) is 38.8 Å². The van der Waals surface area contributed by atoms with Crippen LogP contribution in [0.15, 0.2) is 76.4 Å². The highest BCUT2D eigenvalue weighted by Gasteiger charge is 2.18. The van der Waals surface area contributed by atoms with E-state index in [2.05, 4.69) is 9.71 Å². The Morgan fingerprint density at radius 3 is 2.50 bits per heavy atom. The number of anilines is 1. The molecule has 0 saturated carbocycles. The maximum atomic E-state index is 13.1. The van der Waals surface area contributed by atoms with Gasteiger partial charge in [0.2, 0.25) is 0 Å². The van der Waals surface area contributed by atoms with Gasteiger partial charge in [0, 0.05) is 0 Å². The maximum Gasteiger partial charge on any atom is 0.265 e. The first-order valence-electron chi connectivity index (χ1n) is 9.84. The summed E-state index contributed by atoms with van der Waals surface area (Å²) in [6.45, 7) is 4.04. The molecule has 32 heavy (non-hydrogen) atoms. The molecule has 164 valence electrons. The smallest absolute Gasteiger partial charge is 0.265 e. The summed E-state index contributed by atoms with van der Waals surface area (Å²) >= 11 is 6.27. The molecule has 1 aromatic heterocycles. The molecule has 1 heterocycles. The average molecular weight is 470 g/mol. The van der Waals surface area contributed by atoms with Crippen LogP contribution in [0.25, 0.3) is 16.6 Å². The normalized spacial score (nSPS) is 11.5. The minimum absolute atomic E-state index is 0.0585. The molecular weight excluding hydrogens is 450 g/mol. The van der Waals surface area contributed by atoms with E-state index in [1.165, 1.54) is 28.8 Å². The number of nitrogens with one attached hydrogen (secondary N) is 1. The van der Waals surface area contributed by atoms with Crippen molar-refractivity contribution in [3.05, 3.63) is 87.9 Å². The highest BCUT2D eigenvalue weighted by molar-refractivity contribution is 7.92. The number of benzene rings is 3. The predicted octanol–water partition coefficient (Wildman–Crippen LogP) is 4.55. The van der Waals surface area contributed by atoms with Gasteiger partial charge in [-0.25, -0.2) is 13.4 Å². The summed E-state index contributed by atoms with van der Waals surface area (Å²) in [6, 6.07) is 17.8. The van der Waals surface area contributed by atoms with Crippen LogP contribution in [-0.4, -0.2) is 24.6 Å². The van der Waals surface area contributed by atoms with Crippen LogP contribution in [0.1, 0.15) is 12.7 Å². The molecule has 0 aliphatic heterocycles. The van der Waals surface area contributed by atoms with Crippen LogP contribution in [0, 0.1) is 6.92 Å². The first-order valence-corrected chi connectivity index (χ1v) is 11.7. The van der Waals surface area contributed by atoms with E-state index in [1.807, 2.05) is 13.0 Å². The van der Waals surface area contributed by atoms with Crippen LogP contribution in [0.4, 0.5) is 5.69 Å². The van der Waals surface area contributed by atoms with Gasteiger partial charge < -0.3 is 4.74 Å². The topological polar surface area (TPSA) is 90.3 Å². The van der Waals surface area contributed by atoms with Gasteiger partial charge in [-0.2, -0.15) is 0 Å². The lowest BCUT2D eigenvalue weighted by Gasteiger charge is -2.14. The monoisotopic (exact) mass is 469 g/mol. The van der Waals surface area contributed by atoms with Crippen LogP contribution in [0.5, 0.6) is 5.75 Å². The highest BCUT2D eigenvalue weighted by atomic mass is 35.5. The predicted molar refractivity (Wildman–Crippen MR) is 126 cm³/mol. The minimum atomic E-state index is -3.91. The number of fused-ring (bicyclic) bond motifs is 1. The van der Waals surface area contributed by atoms with Crippen molar-refractivity contribution in [3.8, 4) is 11.4 Å². The minimum Gasteiger partial charge on any atom is -0.494 e. The van der Waals surface area contributed by atoms with E-state index in [0.717, 1.165) is 0 Å². The molecule has 0 atom stereocenters. The second kappa shape index (κ2) is 8.64. The van der Waals surface area contributed by atoms with Crippen molar-refractivity contribution < 1.29 is 13.2 Å². The number of rotatable bonds is 6. The lowest BCUT2D eigenvalue weighted by molar-refractivity contribution is 0.340. The number of aromatic nitrogens is 2. The molecule has 1 N–H and O–H groups in total. The molecule has 9 heteroatoms. The Bertz CT molecular complexity index is 1470. The summed E-state index contributed by atoms with van der Waals surface area (Å²) in [5.74, 6) is 1.04. The quantitative estimate of drug-likeness (QED) is 0.447. The summed E-state index contributed by atoms with van der Waals surface area (Å²) in [4.78, 5) is 17.6. The average Bonchev–Trinajstić information content (AvgIpc) is 2.76. The van der Waals surface area contributed by atoms with Gasteiger partial charge in [-0.1, -0.05) is 23.7 Å². The van der Waals surface area contributed by atoms with Crippen molar-refractivity contribution in [3.63, 3.8) is 0 Å². The van der Waals surface area contributed by atoms with Gasteiger partial charge in [0.1, 0.15) is 11.6 Å². The first-order chi connectivity index (χ1) is 15.3. The fourth-order valence-corrected chi connectivity index (χ4v) is 4.66. The molecule has 0 amide bonds. The Hall–Kier alpha value is -3.36. The molecule has 0 aliphatic carbocycles. The van der Waals surface area contributed by atoms with Crippen LogP contribution < -0.4 is 15.0 Å². The second-order valence-electron chi connectivity index (χ2n) is 6.99. The van der Waals surface area contributed by atoms with Gasteiger partial charge in [-0.15, -0.1) is 0 Å². The zero-order valence-electron chi connectivity index (χ0n) is 17.4. The van der Waals surface area contributed by atoms with E-state index in [-0.39, 0.29) is 21.2 Å². The van der Waals surface area contributed by atoms with Crippen molar-refractivity contribution in [2.45, 2.75) is 18.7 Å². The van der Waals surface area contributed by atoms with Gasteiger partial charge in [-0.05, 0) is 68.4 Å². The number of aryl methyl sites for hydroxylation is 1. The molecule has 0 radical (unpaired) electrons. The SMILES string of the molecule is CCOc1ccc(S(=O)(=O)Nc2cc(-n3c(C)nc4ccccc4c3=O)ccc2Cl)cc1. The number of sulfonamides is 1. The van der Waals surface area contributed by atoms with E-state index < -0.39 is 10.0 Å². The Morgan fingerprint density at radius 2 is 1.78 bits per heavy atom. The number of nitrogens with zero attached hydrogens (tertiary/aromatic N) is 2. The van der Waals surface area contributed by atoms with Gasteiger partial charge in [0.15, 0.2) is 0 Å². The number of hydrogen-bond donors (Lipinski definition) is 1. The fraction of sp³-hybridized carbons (Fsp3) is 0.130. The van der Waals surface area contributed by atoms with E-state index >= 15 is 0 Å². The van der Waals surface area contributed by atoms with Crippen molar-refractivity contribution in [2.24, 2.45) is 0 Å². The standard InChI is InChI=1S/C23H20ClN3O4S/c1-3-31-17-9-11-18(12-10-17)32(29,30)26-22-14-16(8-13-20(22)24)27-15(2)25-21-7-5-4-6-19(21)23(27)28/h4-14,26H,3H2,1-2H3. The third-order valence-corrected chi connectivity index (χ3v) is 6.55. The van der Waals surface area contributed by atoms with E-state index in [1.54, 1.807) is 43.3 Å². The lowest BCUT2D eigenvalue weighted by atomic mass is 10.2. The summed E-state index contributed by atoms with van der Waals surface area (Å²) in [6.07, 6.45) is 0. The zero-order valence-corrected chi connectivity index (χ0v) is 18.9. The molecule has 0 aliphatic rings. The molecule has 0 unspecified atom stereocenters. The molecule has 0 saturated heterocycles. The number of halogens is 1. The third kappa shape index (κ3) is 4.19. The van der Waals surface area contributed by atoms with Crippen molar-refractivity contribution in [1.29, 1.82) is 0 Å². The lowest BCUT2D eigenvalue weighted by Crippen LogP contribution is -2.22. The Balaban J connectivity index is 1.74. The van der Waals surface area contributed by atoms with Crippen LogP contribution >= 0.6 is 11.6 Å². The molecule has 0 bridgehead atoms. The Labute approximate surface area is 190 Å². The molecule has 4 rings (SSSR count).